The van der Waals surface area contributed by atoms with Crippen molar-refractivity contribution < 1.29 is 14.2 Å². The number of primary amides is 1. The second-order valence-corrected chi connectivity index (χ2v) is 9.36. The monoisotopic (exact) mass is 429 g/mol. The van der Waals surface area contributed by atoms with Gasteiger partial charge < -0.3 is 15.2 Å². The van der Waals surface area contributed by atoms with Crippen LogP contribution in [0.3, 0.4) is 0 Å². The van der Waals surface area contributed by atoms with Gasteiger partial charge in [0.05, 0.1) is 24.8 Å². The third-order valence-electron chi connectivity index (χ3n) is 6.85. The summed E-state index contributed by atoms with van der Waals surface area (Å²) in [7, 11) is 2.01. The molecule has 1 saturated heterocycles. The number of aryl methyl sites for hydroxylation is 1. The molecule has 0 aliphatic carbocycles. The van der Waals surface area contributed by atoms with Crippen LogP contribution in [-0.4, -0.2) is 43.4 Å². The van der Waals surface area contributed by atoms with E-state index in [4.69, 9.17) is 5.73 Å². The van der Waals surface area contributed by atoms with Gasteiger partial charge in [0.15, 0.2) is 0 Å². The predicted octanol–water partition coefficient (Wildman–Crippen LogP) is 2.37. The van der Waals surface area contributed by atoms with Crippen LogP contribution in [0, 0.1) is 5.41 Å². The Hall–Kier alpha value is -2.64. The van der Waals surface area contributed by atoms with Gasteiger partial charge in [0, 0.05) is 43.9 Å². The molecule has 31 heavy (non-hydrogen) atoms. The van der Waals surface area contributed by atoms with Crippen molar-refractivity contribution in [3.05, 3.63) is 37.4 Å². The van der Waals surface area contributed by atoms with Crippen LogP contribution in [0.1, 0.15) is 71.4 Å². The maximum Gasteiger partial charge on any atom is 0.243 e. The van der Waals surface area contributed by atoms with E-state index < -0.39 is 5.41 Å². The normalized spacial score (nSPS) is 19.2. The lowest BCUT2D eigenvalue weighted by Gasteiger charge is -2.37. The summed E-state index contributed by atoms with van der Waals surface area (Å²) in [5.74, 6) is -0.110. The highest BCUT2D eigenvalue weighted by atomic mass is 16.2. The van der Waals surface area contributed by atoms with Crippen molar-refractivity contribution in [1.29, 1.82) is 0 Å². The molecular formula is C23H37N6O2+. The van der Waals surface area contributed by atoms with E-state index in [9.17, 15) is 9.59 Å². The van der Waals surface area contributed by atoms with Crippen LogP contribution in [0.4, 0.5) is 0 Å². The SMILES string of the molecule is CCC(CC(C)(CC(CC(C)n1cc[n+](C)c1)n1ccnc1)C(N)=O)N1CCCC1=O. The van der Waals surface area contributed by atoms with E-state index in [1.54, 1.807) is 6.20 Å². The zero-order valence-electron chi connectivity index (χ0n) is 19.3. The van der Waals surface area contributed by atoms with Gasteiger partial charge in [0.25, 0.3) is 0 Å². The average Bonchev–Trinajstić information content (AvgIpc) is 3.48. The molecule has 2 aromatic rings. The van der Waals surface area contributed by atoms with Crippen LogP contribution in [0.2, 0.25) is 0 Å². The smallest absolute Gasteiger partial charge is 0.243 e. The third kappa shape index (κ3) is 5.35. The Morgan fingerprint density at radius 2 is 2.03 bits per heavy atom. The molecule has 2 N–H and O–H groups in total. The Balaban J connectivity index is 1.81. The molecule has 0 spiro atoms. The first-order valence-electron chi connectivity index (χ1n) is 11.3. The van der Waals surface area contributed by atoms with E-state index in [2.05, 4.69) is 40.5 Å². The summed E-state index contributed by atoms with van der Waals surface area (Å²) >= 11 is 0. The number of aromatic nitrogens is 4. The Morgan fingerprint density at radius 3 is 2.55 bits per heavy atom. The Kier molecular flexibility index (Phi) is 7.18. The number of imidazole rings is 2. The number of carbonyl (C=O) groups excluding carboxylic acids is 2. The van der Waals surface area contributed by atoms with Gasteiger partial charge in [0.2, 0.25) is 18.1 Å². The van der Waals surface area contributed by atoms with Gasteiger partial charge in [0.1, 0.15) is 12.4 Å². The minimum atomic E-state index is -0.723. The van der Waals surface area contributed by atoms with Gasteiger partial charge in [-0.3, -0.25) is 9.59 Å². The molecule has 8 nitrogen and oxygen atoms in total. The largest absolute Gasteiger partial charge is 0.369 e. The average molecular weight is 430 g/mol. The van der Waals surface area contributed by atoms with Gasteiger partial charge in [-0.15, -0.1) is 0 Å². The highest BCUT2D eigenvalue weighted by molar-refractivity contribution is 5.81. The van der Waals surface area contributed by atoms with E-state index in [1.807, 2.05) is 42.2 Å². The molecule has 0 bridgehead atoms. The van der Waals surface area contributed by atoms with Gasteiger partial charge in [-0.1, -0.05) is 13.8 Å². The fourth-order valence-corrected chi connectivity index (χ4v) is 4.90. The molecule has 0 aromatic carbocycles. The summed E-state index contributed by atoms with van der Waals surface area (Å²) < 4.78 is 6.29. The van der Waals surface area contributed by atoms with Crippen LogP contribution in [0.5, 0.6) is 0 Å². The second kappa shape index (κ2) is 9.66. The fourth-order valence-electron chi connectivity index (χ4n) is 4.90. The minimum absolute atomic E-state index is 0.0388. The number of rotatable bonds is 11. The zero-order valence-corrected chi connectivity index (χ0v) is 19.3. The van der Waals surface area contributed by atoms with Crippen LogP contribution in [-0.2, 0) is 16.6 Å². The molecule has 170 valence electrons. The molecular weight excluding hydrogens is 392 g/mol. The van der Waals surface area contributed by atoms with Crippen LogP contribution >= 0.6 is 0 Å². The summed E-state index contributed by atoms with van der Waals surface area (Å²) in [4.78, 5) is 31.2. The van der Waals surface area contributed by atoms with E-state index in [-0.39, 0.29) is 29.9 Å². The van der Waals surface area contributed by atoms with Gasteiger partial charge in [-0.25, -0.2) is 14.1 Å². The summed E-state index contributed by atoms with van der Waals surface area (Å²) in [6.45, 7) is 7.00. The Bertz CT molecular complexity index is 877. The van der Waals surface area contributed by atoms with Gasteiger partial charge in [-0.2, -0.15) is 0 Å². The van der Waals surface area contributed by atoms with Crippen LogP contribution in [0.15, 0.2) is 37.4 Å². The Morgan fingerprint density at radius 1 is 1.29 bits per heavy atom. The van der Waals surface area contributed by atoms with Crippen molar-refractivity contribution in [3.63, 3.8) is 0 Å². The standard InChI is InChI=1S/C23H36N6O2/c1-5-19(29-9-6-7-21(29)30)14-23(3,22(24)31)15-20(27-10-8-25-16-27)13-18(2)28-12-11-26(4)17-28/h8,10-12,16-20H,5-7,9,13-15H2,1-4H3,(H-,24,31)/p+1. The van der Waals surface area contributed by atoms with Crippen molar-refractivity contribution in [2.24, 2.45) is 18.2 Å². The van der Waals surface area contributed by atoms with Crippen molar-refractivity contribution in [3.8, 4) is 0 Å². The van der Waals surface area contributed by atoms with Gasteiger partial charge in [-0.05, 0) is 32.6 Å². The van der Waals surface area contributed by atoms with Gasteiger partial charge >= 0.3 is 0 Å². The van der Waals surface area contributed by atoms with Crippen molar-refractivity contribution in [2.75, 3.05) is 6.54 Å². The Labute approximate surface area is 185 Å². The molecule has 3 rings (SSSR count). The van der Waals surface area contributed by atoms with Crippen LogP contribution < -0.4 is 10.3 Å². The quantitative estimate of drug-likeness (QED) is 0.556. The fraction of sp³-hybridized carbons (Fsp3) is 0.652. The van der Waals surface area contributed by atoms with Crippen LogP contribution in [0.25, 0.3) is 0 Å². The first-order valence-corrected chi connectivity index (χ1v) is 11.3. The number of hydrogen-bond donors (Lipinski definition) is 1. The maximum absolute atomic E-state index is 12.7. The van der Waals surface area contributed by atoms with E-state index in [0.717, 1.165) is 25.8 Å². The summed E-state index contributed by atoms with van der Waals surface area (Å²) in [5, 5.41) is 0. The number of amides is 2. The van der Waals surface area contributed by atoms with Crippen molar-refractivity contribution >= 4 is 11.8 Å². The molecule has 3 heterocycles. The molecule has 4 unspecified atom stereocenters. The highest BCUT2D eigenvalue weighted by Gasteiger charge is 2.40. The van der Waals surface area contributed by atoms with E-state index in [1.165, 1.54) is 0 Å². The lowest BCUT2D eigenvalue weighted by molar-refractivity contribution is -0.671. The third-order valence-corrected chi connectivity index (χ3v) is 6.85. The predicted molar refractivity (Wildman–Crippen MR) is 118 cm³/mol. The number of hydrogen-bond acceptors (Lipinski definition) is 3. The molecule has 0 radical (unpaired) electrons. The first kappa shape index (κ1) is 23.0. The van der Waals surface area contributed by atoms with E-state index in [0.29, 0.717) is 19.3 Å². The first-order chi connectivity index (χ1) is 14.7. The molecule has 2 aromatic heterocycles. The maximum atomic E-state index is 12.7. The molecule has 2 amide bonds. The molecule has 8 heteroatoms. The minimum Gasteiger partial charge on any atom is -0.369 e. The molecule has 1 aliphatic rings. The summed E-state index contributed by atoms with van der Waals surface area (Å²) in [6, 6.07) is 0.346. The number of nitrogens with two attached hydrogens (primary N) is 1. The van der Waals surface area contributed by atoms with Crippen molar-refractivity contribution in [2.45, 2.75) is 77.4 Å². The molecule has 1 aliphatic heterocycles. The van der Waals surface area contributed by atoms with E-state index >= 15 is 0 Å². The number of carbonyl (C=O) groups is 2. The summed E-state index contributed by atoms with van der Waals surface area (Å²) in [5.41, 5.74) is 5.26. The molecule has 0 saturated carbocycles. The lowest BCUT2D eigenvalue weighted by atomic mass is 9.75. The number of nitrogens with zero attached hydrogens (tertiary/aromatic N) is 5. The lowest BCUT2D eigenvalue weighted by Crippen LogP contribution is -2.45. The topological polar surface area (TPSA) is 90.0 Å². The highest BCUT2D eigenvalue weighted by Crippen LogP contribution is 2.39. The zero-order chi connectivity index (χ0) is 22.6. The number of likely N-dealkylation sites (tertiary alicyclic amines) is 1. The second-order valence-electron chi connectivity index (χ2n) is 9.36. The molecule has 4 atom stereocenters. The molecule has 1 fully saturated rings. The van der Waals surface area contributed by atoms with Crippen molar-refractivity contribution in [1.82, 2.24) is 19.0 Å². The summed E-state index contributed by atoms with van der Waals surface area (Å²) in [6.07, 6.45) is 16.0.